The number of hydrogen-bond acceptors (Lipinski definition) is 7. The maximum absolute atomic E-state index is 12.7. The van der Waals surface area contributed by atoms with Gasteiger partial charge in [-0.1, -0.05) is 5.16 Å². The lowest BCUT2D eigenvalue weighted by Gasteiger charge is -2.37. The second-order valence-electron chi connectivity index (χ2n) is 6.47. The molecule has 0 spiro atoms. The summed E-state index contributed by atoms with van der Waals surface area (Å²) in [7, 11) is 0. The molecule has 26 heavy (non-hydrogen) atoms. The molecular formula is C17H23N3O6. The smallest absolute Gasteiger partial charge is 0.410 e. The van der Waals surface area contributed by atoms with Gasteiger partial charge in [-0.3, -0.25) is 9.69 Å². The summed E-state index contributed by atoms with van der Waals surface area (Å²) < 4.78 is 15.2. The fourth-order valence-corrected chi connectivity index (χ4v) is 3.55. The average molecular weight is 365 g/mol. The zero-order valence-electron chi connectivity index (χ0n) is 15.2. The van der Waals surface area contributed by atoms with Crippen molar-refractivity contribution in [1.82, 2.24) is 15.0 Å². The van der Waals surface area contributed by atoms with Crippen LogP contribution in [0.3, 0.4) is 0 Å². The van der Waals surface area contributed by atoms with Gasteiger partial charge in [0.05, 0.1) is 12.3 Å². The summed E-state index contributed by atoms with van der Waals surface area (Å²) in [6.45, 7) is 6.39. The van der Waals surface area contributed by atoms with Crippen molar-refractivity contribution in [3.05, 3.63) is 17.0 Å². The zero-order valence-corrected chi connectivity index (χ0v) is 15.2. The second-order valence-corrected chi connectivity index (χ2v) is 6.47. The maximum Gasteiger partial charge on any atom is 0.410 e. The largest absolute Gasteiger partial charge is 0.464 e. The summed E-state index contributed by atoms with van der Waals surface area (Å²) >= 11 is 0. The molecule has 142 valence electrons. The van der Waals surface area contributed by atoms with Gasteiger partial charge in [-0.05, 0) is 33.6 Å². The van der Waals surface area contributed by atoms with Gasteiger partial charge in [-0.2, -0.15) is 0 Å². The molecule has 1 aromatic heterocycles. The molecule has 0 aromatic carbocycles. The van der Waals surface area contributed by atoms with Crippen molar-refractivity contribution < 1.29 is 28.4 Å². The molecular weight excluding hydrogens is 342 g/mol. The highest BCUT2D eigenvalue weighted by Gasteiger charge is 2.44. The molecule has 2 aliphatic rings. The first-order valence-corrected chi connectivity index (χ1v) is 8.77. The summed E-state index contributed by atoms with van der Waals surface area (Å²) in [6, 6.07) is -0.870. The Morgan fingerprint density at radius 1 is 1.27 bits per heavy atom. The predicted octanol–water partition coefficient (Wildman–Crippen LogP) is 1.28. The lowest BCUT2D eigenvalue weighted by Crippen LogP contribution is -2.52. The predicted molar refractivity (Wildman–Crippen MR) is 88.5 cm³/mol. The quantitative estimate of drug-likeness (QED) is 0.741. The molecule has 0 saturated carbocycles. The van der Waals surface area contributed by atoms with Gasteiger partial charge in [0, 0.05) is 19.1 Å². The Morgan fingerprint density at radius 2 is 1.96 bits per heavy atom. The van der Waals surface area contributed by atoms with Gasteiger partial charge in [-0.15, -0.1) is 0 Å². The standard InChI is InChI=1S/C17H23N3O6/c1-4-24-16(22)13-9-25-17(23)20(13)12-5-7-19(8-6-12)15(21)14-10(2)18-26-11(14)3/h12-13H,4-9H2,1-3H3. The Hall–Kier alpha value is -2.58. The Bertz CT molecular complexity index is 688. The molecule has 3 rings (SSSR count). The van der Waals surface area contributed by atoms with Crippen LogP contribution in [0.1, 0.15) is 41.6 Å². The van der Waals surface area contributed by atoms with Crippen molar-refractivity contribution in [3.8, 4) is 0 Å². The summed E-state index contributed by atoms with van der Waals surface area (Å²) in [6.07, 6.45) is 0.638. The average Bonchev–Trinajstić information content (AvgIpc) is 3.17. The van der Waals surface area contributed by atoms with E-state index in [1.54, 1.807) is 25.7 Å². The Balaban J connectivity index is 1.65. The minimum Gasteiger partial charge on any atom is -0.464 e. The van der Waals surface area contributed by atoms with Crippen LogP contribution >= 0.6 is 0 Å². The van der Waals surface area contributed by atoms with E-state index < -0.39 is 18.1 Å². The zero-order chi connectivity index (χ0) is 18.8. The molecule has 1 atom stereocenters. The van der Waals surface area contributed by atoms with Crippen LogP contribution < -0.4 is 0 Å². The maximum atomic E-state index is 12.7. The molecule has 2 saturated heterocycles. The molecule has 0 bridgehead atoms. The van der Waals surface area contributed by atoms with Crippen LogP contribution in [-0.2, 0) is 14.3 Å². The van der Waals surface area contributed by atoms with Crippen molar-refractivity contribution in [2.75, 3.05) is 26.3 Å². The lowest BCUT2D eigenvalue weighted by atomic mass is 10.0. The first-order chi connectivity index (χ1) is 12.4. The number of hydrogen-bond donors (Lipinski definition) is 0. The summed E-state index contributed by atoms with van der Waals surface area (Å²) in [5, 5.41) is 3.82. The van der Waals surface area contributed by atoms with Gasteiger partial charge >= 0.3 is 12.1 Å². The van der Waals surface area contributed by atoms with Gasteiger partial charge < -0.3 is 18.9 Å². The Morgan fingerprint density at radius 3 is 2.54 bits per heavy atom. The molecule has 0 N–H and O–H groups in total. The number of ether oxygens (including phenoxy) is 2. The van der Waals surface area contributed by atoms with Crippen molar-refractivity contribution in [1.29, 1.82) is 0 Å². The molecule has 0 aliphatic carbocycles. The first-order valence-electron chi connectivity index (χ1n) is 8.77. The third-order valence-electron chi connectivity index (χ3n) is 4.86. The summed E-state index contributed by atoms with van der Waals surface area (Å²) in [5.41, 5.74) is 1.06. The molecule has 2 amide bonds. The molecule has 2 aliphatic heterocycles. The van der Waals surface area contributed by atoms with Crippen LogP contribution in [0.25, 0.3) is 0 Å². The number of esters is 1. The fourth-order valence-electron chi connectivity index (χ4n) is 3.55. The van der Waals surface area contributed by atoms with Crippen molar-refractivity contribution >= 4 is 18.0 Å². The van der Waals surface area contributed by atoms with Gasteiger partial charge in [-0.25, -0.2) is 9.59 Å². The monoisotopic (exact) mass is 365 g/mol. The molecule has 1 unspecified atom stereocenters. The van der Waals surface area contributed by atoms with Crippen molar-refractivity contribution in [2.45, 2.75) is 45.7 Å². The van der Waals surface area contributed by atoms with E-state index >= 15 is 0 Å². The second kappa shape index (κ2) is 7.35. The third kappa shape index (κ3) is 3.25. The molecule has 0 radical (unpaired) electrons. The van der Waals surface area contributed by atoms with E-state index in [-0.39, 0.29) is 25.2 Å². The molecule has 9 nitrogen and oxygen atoms in total. The van der Waals surface area contributed by atoms with Crippen LogP contribution in [0, 0.1) is 13.8 Å². The minimum atomic E-state index is -0.711. The Labute approximate surface area is 151 Å². The number of cyclic esters (lactones) is 1. The summed E-state index contributed by atoms with van der Waals surface area (Å²) in [4.78, 5) is 40.0. The Kier molecular flexibility index (Phi) is 5.15. The van der Waals surface area contributed by atoms with Gasteiger partial charge in [0.15, 0.2) is 6.04 Å². The first kappa shape index (κ1) is 18.2. The van der Waals surface area contributed by atoms with Gasteiger partial charge in [0.25, 0.3) is 5.91 Å². The highest BCUT2D eigenvalue weighted by atomic mass is 16.6. The number of aromatic nitrogens is 1. The number of nitrogens with zero attached hydrogens (tertiary/aromatic N) is 3. The van der Waals surface area contributed by atoms with Crippen LogP contribution in [0.2, 0.25) is 0 Å². The van der Waals surface area contributed by atoms with Gasteiger partial charge in [0.2, 0.25) is 0 Å². The molecule has 9 heteroatoms. The minimum absolute atomic E-state index is 0.00981. The van der Waals surface area contributed by atoms with Crippen LogP contribution in [0.15, 0.2) is 4.52 Å². The van der Waals surface area contributed by atoms with E-state index in [0.29, 0.717) is 42.9 Å². The lowest BCUT2D eigenvalue weighted by molar-refractivity contribution is -0.148. The number of piperidine rings is 1. The van der Waals surface area contributed by atoms with E-state index in [0.717, 1.165) is 0 Å². The van der Waals surface area contributed by atoms with E-state index in [4.69, 9.17) is 14.0 Å². The van der Waals surface area contributed by atoms with Crippen LogP contribution in [0.4, 0.5) is 4.79 Å². The van der Waals surface area contributed by atoms with E-state index in [2.05, 4.69) is 5.16 Å². The molecule has 1 aromatic rings. The van der Waals surface area contributed by atoms with E-state index in [9.17, 15) is 14.4 Å². The highest BCUT2D eigenvalue weighted by Crippen LogP contribution is 2.26. The fraction of sp³-hybridized carbons (Fsp3) is 0.647. The molecule has 2 fully saturated rings. The number of aryl methyl sites for hydroxylation is 2. The topological polar surface area (TPSA) is 102 Å². The third-order valence-corrected chi connectivity index (χ3v) is 4.86. The van der Waals surface area contributed by atoms with Crippen LogP contribution in [0.5, 0.6) is 0 Å². The van der Waals surface area contributed by atoms with E-state index in [1.165, 1.54) is 4.90 Å². The number of rotatable bonds is 4. The molecule has 3 heterocycles. The van der Waals surface area contributed by atoms with Gasteiger partial charge in [0.1, 0.15) is 17.9 Å². The number of carbonyl (C=O) groups is 3. The van der Waals surface area contributed by atoms with Crippen molar-refractivity contribution in [3.63, 3.8) is 0 Å². The normalized spacial score (nSPS) is 21.0. The SMILES string of the molecule is CCOC(=O)C1COC(=O)N1C1CCN(C(=O)c2c(C)noc2C)CC1. The highest BCUT2D eigenvalue weighted by molar-refractivity contribution is 5.96. The number of carbonyl (C=O) groups excluding carboxylic acids is 3. The van der Waals surface area contributed by atoms with Crippen molar-refractivity contribution in [2.24, 2.45) is 0 Å². The number of amides is 2. The van der Waals surface area contributed by atoms with E-state index in [1.807, 2.05) is 0 Å². The number of likely N-dealkylation sites (tertiary alicyclic amines) is 1. The summed E-state index contributed by atoms with van der Waals surface area (Å²) in [5.74, 6) is -0.0710. The van der Waals surface area contributed by atoms with Crippen LogP contribution in [-0.4, -0.2) is 71.3 Å².